The molecule has 0 spiro atoms. The Morgan fingerprint density at radius 3 is 3.06 bits per heavy atom. The average molecular weight is 237 g/mol. The Kier molecular flexibility index (Phi) is 3.17. The van der Waals surface area contributed by atoms with Gasteiger partial charge >= 0.3 is 0 Å². The van der Waals surface area contributed by atoms with Gasteiger partial charge in [0.15, 0.2) is 5.84 Å². The number of nitrogens with two attached hydrogens (primary N) is 1. The van der Waals surface area contributed by atoms with Gasteiger partial charge in [-0.3, -0.25) is 0 Å². The van der Waals surface area contributed by atoms with Crippen LogP contribution in [0.25, 0.3) is 0 Å². The molecule has 4 nitrogen and oxygen atoms in total. The predicted molar refractivity (Wildman–Crippen MR) is 64.9 cm³/mol. The molecule has 5 heteroatoms. The van der Waals surface area contributed by atoms with E-state index in [1.54, 1.807) is 6.07 Å². The van der Waals surface area contributed by atoms with Gasteiger partial charge in [-0.15, -0.1) is 0 Å². The van der Waals surface area contributed by atoms with Crippen molar-refractivity contribution in [1.82, 2.24) is 0 Å². The molecule has 0 aromatic heterocycles. The molecule has 0 aliphatic carbocycles. The molecule has 0 bridgehead atoms. The summed E-state index contributed by atoms with van der Waals surface area (Å²) in [6, 6.07) is 4.59. The summed E-state index contributed by atoms with van der Waals surface area (Å²) >= 11 is 0. The first-order valence-corrected chi connectivity index (χ1v) is 5.69. The fourth-order valence-corrected chi connectivity index (χ4v) is 2.36. The molecule has 1 aliphatic rings. The third kappa shape index (κ3) is 2.05. The Balaban J connectivity index is 2.35. The van der Waals surface area contributed by atoms with Crippen molar-refractivity contribution in [2.24, 2.45) is 10.9 Å². The molecule has 0 amide bonds. The maximum Gasteiger partial charge on any atom is 0.161 e. The van der Waals surface area contributed by atoms with Crippen molar-refractivity contribution in [3.05, 3.63) is 29.6 Å². The topological polar surface area (TPSA) is 61.9 Å². The van der Waals surface area contributed by atoms with E-state index in [0.29, 0.717) is 6.42 Å². The summed E-state index contributed by atoms with van der Waals surface area (Å²) in [6.07, 6.45) is 1.58. The lowest BCUT2D eigenvalue weighted by Crippen LogP contribution is -2.43. The van der Waals surface area contributed by atoms with Crippen LogP contribution in [-0.4, -0.2) is 23.6 Å². The van der Waals surface area contributed by atoms with Crippen molar-refractivity contribution in [3.8, 4) is 0 Å². The second kappa shape index (κ2) is 4.61. The van der Waals surface area contributed by atoms with Crippen LogP contribution < -0.4 is 10.6 Å². The number of oxime groups is 1. The van der Waals surface area contributed by atoms with E-state index in [-0.39, 0.29) is 17.7 Å². The van der Waals surface area contributed by atoms with Crippen LogP contribution in [0.2, 0.25) is 0 Å². The lowest BCUT2D eigenvalue weighted by atomic mass is 10.1. The van der Waals surface area contributed by atoms with E-state index in [1.807, 2.05) is 11.8 Å². The van der Waals surface area contributed by atoms with Crippen LogP contribution in [0.5, 0.6) is 0 Å². The van der Waals surface area contributed by atoms with Crippen molar-refractivity contribution in [2.75, 3.05) is 11.4 Å². The molecule has 1 unspecified atom stereocenters. The molecule has 92 valence electrons. The zero-order valence-corrected chi connectivity index (χ0v) is 9.73. The van der Waals surface area contributed by atoms with Crippen LogP contribution in [0.15, 0.2) is 23.4 Å². The highest BCUT2D eigenvalue weighted by Crippen LogP contribution is 2.31. The standard InChI is InChI=1S/C12H16FN3O/c1-2-10(12(14)15-17)16-6-5-8-3-4-9(13)7-11(8)16/h3-4,7,10,17H,2,5-6H2,1H3,(H2,14,15). The Bertz CT molecular complexity index is 447. The third-order valence-electron chi connectivity index (χ3n) is 3.20. The van der Waals surface area contributed by atoms with E-state index in [2.05, 4.69) is 5.16 Å². The normalized spacial score (nSPS) is 17.1. The minimum Gasteiger partial charge on any atom is -0.409 e. The largest absolute Gasteiger partial charge is 0.409 e. The van der Waals surface area contributed by atoms with E-state index in [0.717, 1.165) is 24.2 Å². The highest BCUT2D eigenvalue weighted by atomic mass is 19.1. The Morgan fingerprint density at radius 2 is 2.41 bits per heavy atom. The lowest BCUT2D eigenvalue weighted by Gasteiger charge is -2.28. The SMILES string of the molecule is CCC(/C(N)=N/O)N1CCc2ccc(F)cc21. The molecule has 0 saturated heterocycles. The minimum atomic E-state index is -0.259. The van der Waals surface area contributed by atoms with Crippen LogP contribution in [-0.2, 0) is 6.42 Å². The first kappa shape index (κ1) is 11.7. The van der Waals surface area contributed by atoms with Gasteiger partial charge in [-0.25, -0.2) is 4.39 Å². The third-order valence-corrected chi connectivity index (χ3v) is 3.20. The van der Waals surface area contributed by atoms with E-state index in [4.69, 9.17) is 10.9 Å². The maximum absolute atomic E-state index is 13.2. The van der Waals surface area contributed by atoms with Gasteiger partial charge < -0.3 is 15.8 Å². The molecule has 3 N–H and O–H groups in total. The fraction of sp³-hybridized carbons (Fsp3) is 0.417. The molecule has 1 aromatic rings. The summed E-state index contributed by atoms with van der Waals surface area (Å²) < 4.78 is 13.2. The number of fused-ring (bicyclic) bond motifs is 1. The lowest BCUT2D eigenvalue weighted by molar-refractivity contribution is 0.315. The molecule has 0 saturated carbocycles. The summed E-state index contributed by atoms with van der Waals surface area (Å²) in [7, 11) is 0. The van der Waals surface area contributed by atoms with Crippen LogP contribution in [0, 0.1) is 5.82 Å². The summed E-state index contributed by atoms with van der Waals surface area (Å²) in [5, 5.41) is 11.8. The number of nitrogens with zero attached hydrogens (tertiary/aromatic N) is 2. The molecule has 2 rings (SSSR count). The Morgan fingerprint density at radius 1 is 1.65 bits per heavy atom. The quantitative estimate of drug-likeness (QED) is 0.364. The van der Waals surface area contributed by atoms with Gasteiger partial charge in [0.1, 0.15) is 5.82 Å². The van der Waals surface area contributed by atoms with Gasteiger partial charge in [0.05, 0.1) is 6.04 Å². The van der Waals surface area contributed by atoms with Gasteiger partial charge in [-0.05, 0) is 30.5 Å². The first-order chi connectivity index (χ1) is 8.17. The Hall–Kier alpha value is -1.78. The van der Waals surface area contributed by atoms with Gasteiger partial charge in [0.25, 0.3) is 0 Å². The number of halogens is 1. The Labute approximate surface area is 99.5 Å². The molecule has 1 aromatic carbocycles. The number of anilines is 1. The number of benzene rings is 1. The van der Waals surface area contributed by atoms with Crippen LogP contribution >= 0.6 is 0 Å². The van der Waals surface area contributed by atoms with Crippen LogP contribution in [0.3, 0.4) is 0 Å². The molecule has 0 radical (unpaired) electrons. The van der Waals surface area contributed by atoms with Crippen LogP contribution in [0.1, 0.15) is 18.9 Å². The van der Waals surface area contributed by atoms with E-state index < -0.39 is 0 Å². The summed E-state index contributed by atoms with van der Waals surface area (Å²) in [5.74, 6) is -0.0883. The highest BCUT2D eigenvalue weighted by molar-refractivity contribution is 5.89. The van der Waals surface area contributed by atoms with Crippen molar-refractivity contribution in [1.29, 1.82) is 0 Å². The molecule has 17 heavy (non-hydrogen) atoms. The molecule has 1 heterocycles. The fourth-order valence-electron chi connectivity index (χ4n) is 2.36. The second-order valence-corrected chi connectivity index (χ2v) is 4.17. The van der Waals surface area contributed by atoms with E-state index in [1.165, 1.54) is 12.1 Å². The molecule has 1 atom stereocenters. The number of hydrogen-bond donors (Lipinski definition) is 2. The average Bonchev–Trinajstić information content (AvgIpc) is 2.73. The zero-order chi connectivity index (χ0) is 12.4. The number of rotatable bonds is 3. The molecular weight excluding hydrogens is 221 g/mol. The maximum atomic E-state index is 13.2. The zero-order valence-electron chi connectivity index (χ0n) is 9.73. The highest BCUT2D eigenvalue weighted by Gasteiger charge is 2.27. The van der Waals surface area contributed by atoms with Crippen molar-refractivity contribution in [3.63, 3.8) is 0 Å². The van der Waals surface area contributed by atoms with Gasteiger partial charge in [-0.1, -0.05) is 18.1 Å². The predicted octanol–water partition coefficient (Wildman–Crippen LogP) is 1.71. The number of amidine groups is 1. The van der Waals surface area contributed by atoms with Crippen molar-refractivity contribution >= 4 is 11.5 Å². The molecule has 1 aliphatic heterocycles. The van der Waals surface area contributed by atoms with Gasteiger partial charge in [-0.2, -0.15) is 0 Å². The molecule has 0 fully saturated rings. The van der Waals surface area contributed by atoms with Crippen molar-refractivity contribution < 1.29 is 9.60 Å². The van der Waals surface area contributed by atoms with Crippen LogP contribution in [0.4, 0.5) is 10.1 Å². The summed E-state index contributed by atoms with van der Waals surface area (Å²) in [6.45, 7) is 2.73. The summed E-state index contributed by atoms with van der Waals surface area (Å²) in [5.41, 5.74) is 7.62. The van der Waals surface area contributed by atoms with Gasteiger partial charge in [0.2, 0.25) is 0 Å². The van der Waals surface area contributed by atoms with Crippen molar-refractivity contribution in [2.45, 2.75) is 25.8 Å². The minimum absolute atomic E-state index is 0.171. The summed E-state index contributed by atoms with van der Waals surface area (Å²) in [4.78, 5) is 1.99. The molecular formula is C12H16FN3O. The monoisotopic (exact) mass is 237 g/mol. The van der Waals surface area contributed by atoms with Gasteiger partial charge in [0, 0.05) is 12.2 Å². The first-order valence-electron chi connectivity index (χ1n) is 5.69. The van der Waals surface area contributed by atoms with E-state index >= 15 is 0 Å². The smallest absolute Gasteiger partial charge is 0.161 e. The second-order valence-electron chi connectivity index (χ2n) is 4.17. The van der Waals surface area contributed by atoms with E-state index in [9.17, 15) is 4.39 Å². The number of hydrogen-bond acceptors (Lipinski definition) is 3.